The summed E-state index contributed by atoms with van der Waals surface area (Å²) < 4.78 is 0. The molecule has 0 unspecified atom stereocenters. The van der Waals surface area contributed by atoms with Gasteiger partial charge in [0.2, 0.25) is 5.91 Å². The number of carbonyl (C=O) groups excluding carboxylic acids is 1. The van der Waals surface area contributed by atoms with Crippen molar-refractivity contribution < 1.29 is 4.79 Å². The third kappa shape index (κ3) is 4.10. The predicted molar refractivity (Wildman–Crippen MR) is 95.1 cm³/mol. The van der Waals surface area contributed by atoms with E-state index >= 15 is 0 Å². The van der Waals surface area contributed by atoms with Gasteiger partial charge in [0, 0.05) is 43.7 Å². The first kappa shape index (κ1) is 16.8. The topological polar surface area (TPSA) is 103 Å². The second-order valence-electron chi connectivity index (χ2n) is 5.77. The fourth-order valence-corrected chi connectivity index (χ4v) is 2.55. The molecule has 0 aromatic carbocycles. The maximum absolute atomic E-state index is 12.0. The summed E-state index contributed by atoms with van der Waals surface area (Å²) >= 11 is 0. The van der Waals surface area contributed by atoms with E-state index in [4.69, 9.17) is 0 Å². The minimum Gasteiger partial charge on any atom is -0.374 e. The van der Waals surface area contributed by atoms with Crippen LogP contribution in [-0.4, -0.2) is 58.5 Å². The lowest BCUT2D eigenvalue weighted by molar-refractivity contribution is -0.129. The second kappa shape index (κ2) is 7.71. The molecule has 2 aromatic rings. The maximum atomic E-state index is 12.0. The molecule has 8 heteroatoms. The van der Waals surface area contributed by atoms with Crippen molar-refractivity contribution in [3.05, 3.63) is 53.4 Å². The van der Waals surface area contributed by atoms with E-state index in [1.54, 1.807) is 41.6 Å². The highest BCUT2D eigenvalue weighted by Crippen LogP contribution is 2.19. The average Bonchev–Trinajstić information content (AvgIpc) is 2.60. The zero-order valence-corrected chi connectivity index (χ0v) is 13.9. The van der Waals surface area contributed by atoms with Crippen molar-refractivity contribution in [2.24, 2.45) is 0 Å². The van der Waals surface area contributed by atoms with E-state index in [-0.39, 0.29) is 17.5 Å². The van der Waals surface area contributed by atoms with E-state index in [9.17, 15) is 9.59 Å². The molecule has 3 rings (SSSR count). The number of rotatable bonds is 6. The first-order valence-corrected chi connectivity index (χ1v) is 8.03. The number of aromatic nitrogens is 3. The molecule has 2 aromatic heterocycles. The Hall–Kier alpha value is -3.00. The largest absolute Gasteiger partial charge is 0.374 e. The van der Waals surface area contributed by atoms with Crippen molar-refractivity contribution in [1.82, 2.24) is 25.2 Å². The Morgan fingerprint density at radius 1 is 1.48 bits per heavy atom. The van der Waals surface area contributed by atoms with Gasteiger partial charge in [0.25, 0.3) is 5.56 Å². The van der Waals surface area contributed by atoms with E-state index in [0.29, 0.717) is 25.3 Å². The van der Waals surface area contributed by atoms with Crippen LogP contribution in [0.15, 0.2) is 47.8 Å². The van der Waals surface area contributed by atoms with Gasteiger partial charge in [-0.3, -0.25) is 9.59 Å². The van der Waals surface area contributed by atoms with Crippen LogP contribution in [0, 0.1) is 0 Å². The van der Waals surface area contributed by atoms with E-state index < -0.39 is 0 Å². The van der Waals surface area contributed by atoms with Crippen LogP contribution < -0.4 is 16.2 Å². The molecule has 8 nitrogen and oxygen atoms in total. The van der Waals surface area contributed by atoms with Gasteiger partial charge in [-0.15, -0.1) is 0 Å². The van der Waals surface area contributed by atoms with Crippen molar-refractivity contribution in [2.45, 2.75) is 6.04 Å². The number of hydrogen-bond donors (Lipinski definition) is 3. The van der Waals surface area contributed by atoms with E-state index in [1.165, 1.54) is 6.33 Å². The van der Waals surface area contributed by atoms with Crippen LogP contribution in [0.3, 0.4) is 0 Å². The SMILES string of the molecule is CNC/C=C/C(=O)N1CC(Nc2cc(-c3ccncn3)c[nH]c2=O)C1. The highest BCUT2D eigenvalue weighted by atomic mass is 16.2. The minimum atomic E-state index is -0.198. The summed E-state index contributed by atoms with van der Waals surface area (Å²) in [7, 11) is 1.82. The number of nitrogens with one attached hydrogen (secondary N) is 3. The number of pyridine rings is 1. The van der Waals surface area contributed by atoms with Crippen molar-refractivity contribution in [2.75, 3.05) is 32.0 Å². The second-order valence-corrected chi connectivity index (χ2v) is 5.77. The van der Waals surface area contributed by atoms with Crippen molar-refractivity contribution in [3.8, 4) is 11.3 Å². The number of likely N-dealkylation sites (N-methyl/N-ethyl adjacent to an activating group) is 1. The Labute approximate surface area is 145 Å². The summed E-state index contributed by atoms with van der Waals surface area (Å²) in [6, 6.07) is 3.60. The lowest BCUT2D eigenvalue weighted by Gasteiger charge is -2.39. The standard InChI is InChI=1S/C17H20N6O2/c1-18-5-2-3-16(24)23-9-13(10-23)22-15-7-12(8-20-17(15)25)14-4-6-19-11-21-14/h2-4,6-8,11,13,18,22H,5,9-10H2,1H3,(H,20,25)/b3-2+. The Kier molecular flexibility index (Phi) is 5.20. The number of carbonyl (C=O) groups is 1. The summed E-state index contributed by atoms with van der Waals surface area (Å²) in [5.74, 6) is -0.0167. The summed E-state index contributed by atoms with van der Waals surface area (Å²) in [5.41, 5.74) is 1.80. The Morgan fingerprint density at radius 2 is 2.32 bits per heavy atom. The number of amides is 1. The van der Waals surface area contributed by atoms with Crippen LogP contribution in [0.1, 0.15) is 0 Å². The van der Waals surface area contributed by atoms with Gasteiger partial charge in [0.05, 0.1) is 11.7 Å². The summed E-state index contributed by atoms with van der Waals surface area (Å²) in [6.45, 7) is 1.80. The van der Waals surface area contributed by atoms with Gasteiger partial charge in [-0.25, -0.2) is 9.97 Å². The molecule has 0 atom stereocenters. The summed E-state index contributed by atoms with van der Waals surface area (Å²) in [4.78, 5) is 36.4. The van der Waals surface area contributed by atoms with Gasteiger partial charge in [-0.2, -0.15) is 0 Å². The zero-order valence-electron chi connectivity index (χ0n) is 13.9. The smallest absolute Gasteiger partial charge is 0.271 e. The van der Waals surface area contributed by atoms with E-state index in [1.807, 2.05) is 7.05 Å². The molecule has 3 N–H and O–H groups in total. The number of hydrogen-bond acceptors (Lipinski definition) is 6. The van der Waals surface area contributed by atoms with Gasteiger partial charge in [-0.1, -0.05) is 6.08 Å². The van der Waals surface area contributed by atoms with Crippen LogP contribution in [0.25, 0.3) is 11.3 Å². The predicted octanol–water partition coefficient (Wildman–Crippen LogP) is 0.230. The van der Waals surface area contributed by atoms with Crippen LogP contribution in [0.2, 0.25) is 0 Å². The van der Waals surface area contributed by atoms with Gasteiger partial charge in [0.1, 0.15) is 12.0 Å². The average molecular weight is 340 g/mol. The molecule has 0 spiro atoms. The normalized spacial score (nSPS) is 14.5. The molecule has 25 heavy (non-hydrogen) atoms. The van der Waals surface area contributed by atoms with Gasteiger partial charge in [0.15, 0.2) is 0 Å². The monoisotopic (exact) mass is 340 g/mol. The quantitative estimate of drug-likeness (QED) is 0.651. The van der Waals surface area contributed by atoms with Crippen molar-refractivity contribution in [1.29, 1.82) is 0 Å². The summed E-state index contributed by atoms with van der Waals surface area (Å²) in [6.07, 6.45) is 8.09. The maximum Gasteiger partial charge on any atom is 0.271 e. The molecule has 1 fully saturated rings. The lowest BCUT2D eigenvalue weighted by atomic mass is 10.1. The van der Waals surface area contributed by atoms with E-state index in [0.717, 1.165) is 11.3 Å². The highest BCUT2D eigenvalue weighted by Gasteiger charge is 2.29. The number of anilines is 1. The highest BCUT2D eigenvalue weighted by molar-refractivity contribution is 5.88. The molecular weight excluding hydrogens is 320 g/mol. The van der Waals surface area contributed by atoms with Crippen LogP contribution in [-0.2, 0) is 4.79 Å². The van der Waals surface area contributed by atoms with Crippen molar-refractivity contribution >= 4 is 11.6 Å². The summed E-state index contributed by atoms with van der Waals surface area (Å²) in [5, 5.41) is 6.14. The van der Waals surface area contributed by atoms with Crippen LogP contribution in [0.5, 0.6) is 0 Å². The molecule has 0 radical (unpaired) electrons. The zero-order chi connectivity index (χ0) is 17.6. The Morgan fingerprint density at radius 3 is 3.04 bits per heavy atom. The number of aromatic amines is 1. The number of H-pyrrole nitrogens is 1. The fourth-order valence-electron chi connectivity index (χ4n) is 2.55. The molecular formula is C17H20N6O2. The molecule has 1 amide bonds. The molecule has 0 aliphatic carbocycles. The van der Waals surface area contributed by atoms with Crippen LogP contribution in [0.4, 0.5) is 5.69 Å². The van der Waals surface area contributed by atoms with Gasteiger partial charge in [-0.05, 0) is 19.2 Å². The molecule has 3 heterocycles. The molecule has 0 saturated carbocycles. The Balaban J connectivity index is 1.61. The molecule has 130 valence electrons. The third-order valence-electron chi connectivity index (χ3n) is 3.92. The molecule has 1 aliphatic rings. The molecule has 1 aliphatic heterocycles. The first-order chi connectivity index (χ1) is 12.2. The molecule has 0 bridgehead atoms. The van der Waals surface area contributed by atoms with Gasteiger partial charge >= 0.3 is 0 Å². The third-order valence-corrected chi connectivity index (χ3v) is 3.92. The Bertz CT molecular complexity index is 811. The molecule has 1 saturated heterocycles. The van der Waals surface area contributed by atoms with Crippen molar-refractivity contribution in [3.63, 3.8) is 0 Å². The lowest BCUT2D eigenvalue weighted by Crippen LogP contribution is -2.57. The van der Waals surface area contributed by atoms with E-state index in [2.05, 4.69) is 25.6 Å². The number of nitrogens with zero attached hydrogens (tertiary/aromatic N) is 3. The van der Waals surface area contributed by atoms with Gasteiger partial charge < -0.3 is 20.5 Å². The van der Waals surface area contributed by atoms with Crippen LogP contribution >= 0.6 is 0 Å². The fraction of sp³-hybridized carbons (Fsp3) is 0.294. The first-order valence-electron chi connectivity index (χ1n) is 8.03. The number of likely N-dealkylation sites (tertiary alicyclic amines) is 1. The minimum absolute atomic E-state index is 0.0167.